The molecule has 0 bridgehead atoms. The molecule has 1 aromatic carbocycles. The number of nitrogens with zero attached hydrogens (tertiary/aromatic N) is 2. The van der Waals surface area contributed by atoms with E-state index in [1.165, 1.54) is 4.90 Å². The first-order valence-electron chi connectivity index (χ1n) is 6.83. The van der Waals surface area contributed by atoms with Crippen molar-refractivity contribution in [3.63, 3.8) is 0 Å². The highest BCUT2D eigenvalue weighted by Gasteiger charge is 2.34. The highest BCUT2D eigenvalue weighted by atomic mass is 16.3. The fourth-order valence-corrected chi connectivity index (χ4v) is 3.00. The summed E-state index contributed by atoms with van der Waals surface area (Å²) >= 11 is 0. The SMILES string of the molecule is CN1C(=O)C(=O)c2ccc(N3CCCC(C)(O)C3)cc21. The average Bonchev–Trinajstić information content (AvgIpc) is 2.62. The Kier molecular flexibility index (Phi) is 2.83. The Balaban J connectivity index is 1.94. The maximum Gasteiger partial charge on any atom is 0.299 e. The lowest BCUT2D eigenvalue weighted by Gasteiger charge is -2.38. The van der Waals surface area contributed by atoms with Crippen LogP contribution in [0.2, 0.25) is 0 Å². The van der Waals surface area contributed by atoms with E-state index >= 15 is 0 Å². The van der Waals surface area contributed by atoms with Gasteiger partial charge in [0.2, 0.25) is 0 Å². The van der Waals surface area contributed by atoms with E-state index in [4.69, 9.17) is 0 Å². The number of likely N-dealkylation sites (N-methyl/N-ethyl adjacent to an activating group) is 1. The molecule has 106 valence electrons. The number of rotatable bonds is 1. The molecule has 20 heavy (non-hydrogen) atoms. The third-order valence-electron chi connectivity index (χ3n) is 4.13. The molecule has 3 rings (SSSR count). The van der Waals surface area contributed by atoms with Gasteiger partial charge in [0.1, 0.15) is 0 Å². The van der Waals surface area contributed by atoms with Crippen molar-refractivity contribution in [2.75, 3.05) is 29.9 Å². The first kappa shape index (κ1) is 13.1. The Morgan fingerprint density at radius 3 is 2.75 bits per heavy atom. The van der Waals surface area contributed by atoms with Crippen LogP contribution in [0.3, 0.4) is 0 Å². The summed E-state index contributed by atoms with van der Waals surface area (Å²) in [6.45, 7) is 3.28. The Bertz CT molecular complexity index is 595. The van der Waals surface area contributed by atoms with Gasteiger partial charge in [-0.05, 0) is 38.0 Å². The van der Waals surface area contributed by atoms with Gasteiger partial charge in [-0.15, -0.1) is 0 Å². The summed E-state index contributed by atoms with van der Waals surface area (Å²) in [6.07, 6.45) is 1.73. The minimum Gasteiger partial charge on any atom is -0.388 e. The van der Waals surface area contributed by atoms with Crippen molar-refractivity contribution in [2.24, 2.45) is 0 Å². The van der Waals surface area contributed by atoms with Crippen LogP contribution in [-0.2, 0) is 4.79 Å². The minimum absolute atomic E-state index is 0.445. The highest BCUT2D eigenvalue weighted by Crippen LogP contribution is 2.33. The number of hydrogen-bond acceptors (Lipinski definition) is 4. The summed E-state index contributed by atoms with van der Waals surface area (Å²) in [6, 6.07) is 5.42. The molecular weight excluding hydrogens is 256 g/mol. The summed E-state index contributed by atoms with van der Waals surface area (Å²) in [7, 11) is 1.61. The molecule has 0 radical (unpaired) electrons. The molecule has 5 nitrogen and oxygen atoms in total. The van der Waals surface area contributed by atoms with Crippen LogP contribution in [0.15, 0.2) is 18.2 Å². The van der Waals surface area contributed by atoms with Crippen molar-refractivity contribution in [3.8, 4) is 0 Å². The standard InChI is InChI=1S/C15H18N2O3/c1-15(20)6-3-7-17(9-15)10-4-5-11-12(8-10)16(2)14(19)13(11)18/h4-5,8,20H,3,6-7,9H2,1-2H3. The van der Waals surface area contributed by atoms with E-state index in [1.807, 2.05) is 19.1 Å². The van der Waals surface area contributed by atoms with E-state index in [-0.39, 0.29) is 0 Å². The lowest BCUT2D eigenvalue weighted by atomic mass is 9.94. The fraction of sp³-hybridized carbons (Fsp3) is 0.467. The van der Waals surface area contributed by atoms with Crippen LogP contribution >= 0.6 is 0 Å². The molecule has 1 fully saturated rings. The Hall–Kier alpha value is -1.88. The van der Waals surface area contributed by atoms with Crippen molar-refractivity contribution in [1.82, 2.24) is 0 Å². The van der Waals surface area contributed by atoms with Gasteiger partial charge >= 0.3 is 0 Å². The van der Waals surface area contributed by atoms with Crippen LogP contribution in [0.1, 0.15) is 30.1 Å². The van der Waals surface area contributed by atoms with Gasteiger partial charge in [0.15, 0.2) is 0 Å². The molecule has 1 N–H and O–H groups in total. The molecule has 0 aliphatic carbocycles. The zero-order valence-corrected chi connectivity index (χ0v) is 11.7. The number of fused-ring (bicyclic) bond motifs is 1. The maximum atomic E-state index is 11.8. The van der Waals surface area contributed by atoms with Gasteiger partial charge in [-0.1, -0.05) is 0 Å². The highest BCUT2D eigenvalue weighted by molar-refractivity contribution is 6.52. The second-order valence-electron chi connectivity index (χ2n) is 5.92. The van der Waals surface area contributed by atoms with Crippen molar-refractivity contribution in [2.45, 2.75) is 25.4 Å². The van der Waals surface area contributed by atoms with Gasteiger partial charge in [0.05, 0.1) is 16.9 Å². The predicted octanol–water partition coefficient (Wildman–Crippen LogP) is 1.20. The number of piperidine rings is 1. The number of benzene rings is 1. The Labute approximate surface area is 117 Å². The van der Waals surface area contributed by atoms with Crippen LogP contribution in [0.4, 0.5) is 11.4 Å². The number of carbonyl (C=O) groups is 2. The fourth-order valence-electron chi connectivity index (χ4n) is 3.00. The first-order chi connectivity index (χ1) is 9.39. The van der Waals surface area contributed by atoms with Gasteiger partial charge in [-0.2, -0.15) is 0 Å². The second-order valence-corrected chi connectivity index (χ2v) is 5.92. The molecule has 0 aromatic heterocycles. The number of amides is 1. The van der Waals surface area contributed by atoms with Crippen molar-refractivity contribution < 1.29 is 14.7 Å². The number of Topliss-reactive ketones (excluding diaryl/α,β-unsaturated/α-hetero) is 1. The minimum atomic E-state index is -0.686. The number of carbonyl (C=O) groups excluding carboxylic acids is 2. The first-order valence-corrected chi connectivity index (χ1v) is 6.83. The quantitative estimate of drug-likeness (QED) is 0.782. The van der Waals surface area contributed by atoms with Crippen LogP contribution in [0, 0.1) is 0 Å². The molecule has 1 saturated heterocycles. The number of ketones is 1. The summed E-state index contributed by atoms with van der Waals surface area (Å²) in [5, 5.41) is 10.2. The maximum absolute atomic E-state index is 11.8. The van der Waals surface area contributed by atoms with Gasteiger partial charge in [0.25, 0.3) is 11.7 Å². The number of hydrogen-bond donors (Lipinski definition) is 1. The summed E-state index contributed by atoms with van der Waals surface area (Å²) in [5.41, 5.74) is 1.38. The van der Waals surface area contributed by atoms with Crippen LogP contribution in [0.25, 0.3) is 0 Å². The molecule has 1 aromatic rings. The molecule has 0 saturated carbocycles. The van der Waals surface area contributed by atoms with E-state index in [1.54, 1.807) is 13.1 Å². The average molecular weight is 274 g/mol. The summed E-state index contributed by atoms with van der Waals surface area (Å²) in [5.74, 6) is -0.928. The molecule has 2 aliphatic heterocycles. The van der Waals surface area contributed by atoms with Crippen molar-refractivity contribution in [1.29, 1.82) is 0 Å². The molecule has 2 aliphatic rings. The molecule has 1 unspecified atom stereocenters. The smallest absolute Gasteiger partial charge is 0.299 e. The van der Waals surface area contributed by atoms with Crippen LogP contribution in [0.5, 0.6) is 0 Å². The van der Waals surface area contributed by atoms with Gasteiger partial charge in [0, 0.05) is 25.8 Å². The third-order valence-corrected chi connectivity index (χ3v) is 4.13. The van der Waals surface area contributed by atoms with Crippen LogP contribution in [-0.4, -0.2) is 42.5 Å². The van der Waals surface area contributed by atoms with E-state index in [0.29, 0.717) is 17.8 Å². The third kappa shape index (κ3) is 1.98. The van der Waals surface area contributed by atoms with E-state index in [0.717, 1.165) is 25.1 Å². The summed E-state index contributed by atoms with van der Waals surface area (Å²) < 4.78 is 0. The molecule has 2 heterocycles. The van der Waals surface area contributed by atoms with E-state index in [2.05, 4.69) is 4.90 Å². The molecule has 0 spiro atoms. The number of β-amino-alcohol motifs (C(OH)–C–C–N with tert-alkyl or cyclic N) is 1. The van der Waals surface area contributed by atoms with Gasteiger partial charge < -0.3 is 14.9 Å². The molecule has 1 atom stereocenters. The molecule has 1 amide bonds. The summed E-state index contributed by atoms with van der Waals surface area (Å²) in [4.78, 5) is 26.9. The Morgan fingerprint density at radius 1 is 1.30 bits per heavy atom. The van der Waals surface area contributed by atoms with Gasteiger partial charge in [-0.3, -0.25) is 9.59 Å². The normalized spacial score (nSPS) is 26.1. The lowest BCUT2D eigenvalue weighted by Crippen LogP contribution is -2.46. The van der Waals surface area contributed by atoms with Crippen molar-refractivity contribution >= 4 is 23.1 Å². The molecular formula is C15H18N2O3. The van der Waals surface area contributed by atoms with E-state index < -0.39 is 17.3 Å². The zero-order chi connectivity index (χ0) is 14.5. The monoisotopic (exact) mass is 274 g/mol. The lowest BCUT2D eigenvalue weighted by molar-refractivity contribution is -0.114. The van der Waals surface area contributed by atoms with Crippen LogP contribution < -0.4 is 9.80 Å². The second kappa shape index (κ2) is 4.31. The Morgan fingerprint density at radius 2 is 2.05 bits per heavy atom. The van der Waals surface area contributed by atoms with Crippen molar-refractivity contribution in [3.05, 3.63) is 23.8 Å². The largest absolute Gasteiger partial charge is 0.388 e. The van der Waals surface area contributed by atoms with E-state index in [9.17, 15) is 14.7 Å². The topological polar surface area (TPSA) is 60.9 Å². The van der Waals surface area contributed by atoms with Gasteiger partial charge in [-0.25, -0.2) is 0 Å². The number of anilines is 2. The predicted molar refractivity (Wildman–Crippen MR) is 76.3 cm³/mol. The number of aliphatic hydroxyl groups is 1. The zero-order valence-electron chi connectivity index (χ0n) is 11.7. The molecule has 5 heteroatoms.